The van der Waals surface area contributed by atoms with Gasteiger partial charge in [0, 0.05) is 37.2 Å². The number of aromatic nitrogens is 3. The SMILES string of the molecule is COC(=O)c1ccc2nc(CN3C[C@@H]4C(c5nc(OCc6ccc(C#N)cc6F)ccc5F)[C@@H]4C3)n(C[C@@H]3CCO3)c2c1. The molecule has 1 aliphatic carbocycles. The first-order valence-corrected chi connectivity index (χ1v) is 14.3. The Morgan fingerprint density at radius 1 is 1.09 bits per heavy atom. The van der Waals surface area contributed by atoms with E-state index >= 15 is 0 Å². The van der Waals surface area contributed by atoms with Crippen LogP contribution < -0.4 is 4.74 Å². The number of pyridine rings is 1. The van der Waals surface area contributed by atoms with Gasteiger partial charge >= 0.3 is 5.97 Å². The van der Waals surface area contributed by atoms with E-state index in [9.17, 15) is 13.6 Å². The number of likely N-dealkylation sites (tertiary alicyclic amines) is 1. The molecule has 4 heterocycles. The number of imidazole rings is 1. The number of halogens is 2. The molecular formula is C32H29F2N5O4. The Balaban J connectivity index is 1.03. The summed E-state index contributed by atoms with van der Waals surface area (Å²) in [6.45, 7) is 3.54. The summed E-state index contributed by atoms with van der Waals surface area (Å²) in [4.78, 5) is 23.9. The highest BCUT2D eigenvalue weighted by molar-refractivity contribution is 5.93. The molecule has 1 saturated carbocycles. The molecule has 0 spiro atoms. The second-order valence-corrected chi connectivity index (χ2v) is 11.4. The quantitative estimate of drug-likeness (QED) is 0.263. The lowest BCUT2D eigenvalue weighted by Gasteiger charge is -2.28. The molecule has 0 radical (unpaired) electrons. The van der Waals surface area contributed by atoms with Gasteiger partial charge < -0.3 is 18.8 Å². The van der Waals surface area contributed by atoms with Crippen LogP contribution in [-0.2, 0) is 29.2 Å². The number of nitrogens with zero attached hydrogens (tertiary/aromatic N) is 5. The number of hydrogen-bond acceptors (Lipinski definition) is 8. The number of methoxy groups -OCH3 is 1. The molecule has 2 aliphatic heterocycles. The number of fused-ring (bicyclic) bond motifs is 2. The number of ether oxygens (including phenoxy) is 3. The average molecular weight is 586 g/mol. The molecule has 0 N–H and O–H groups in total. The molecule has 2 aromatic carbocycles. The third-order valence-corrected chi connectivity index (χ3v) is 8.78. The predicted molar refractivity (Wildman–Crippen MR) is 150 cm³/mol. The Hall–Kier alpha value is -4.40. The smallest absolute Gasteiger partial charge is 0.337 e. The van der Waals surface area contributed by atoms with Gasteiger partial charge in [0.2, 0.25) is 5.88 Å². The van der Waals surface area contributed by atoms with E-state index in [4.69, 9.17) is 24.5 Å². The van der Waals surface area contributed by atoms with E-state index in [2.05, 4.69) is 14.5 Å². The first kappa shape index (κ1) is 27.4. The minimum absolute atomic E-state index is 0.00347. The number of carbonyl (C=O) groups is 1. The van der Waals surface area contributed by atoms with E-state index in [0.717, 1.165) is 49.0 Å². The Labute approximate surface area is 246 Å². The third kappa shape index (κ3) is 5.21. The summed E-state index contributed by atoms with van der Waals surface area (Å²) in [5, 5.41) is 8.93. The maximum atomic E-state index is 14.9. The monoisotopic (exact) mass is 585 g/mol. The Kier molecular flexibility index (Phi) is 7.03. The lowest BCUT2D eigenvalue weighted by atomic mass is 10.1. The maximum Gasteiger partial charge on any atom is 0.337 e. The second kappa shape index (κ2) is 11.0. The summed E-state index contributed by atoms with van der Waals surface area (Å²) in [5.41, 5.74) is 3.08. The highest BCUT2D eigenvalue weighted by Gasteiger charge is 2.57. The Morgan fingerprint density at radius 3 is 2.60 bits per heavy atom. The van der Waals surface area contributed by atoms with E-state index in [1.807, 2.05) is 18.2 Å². The molecule has 9 nitrogen and oxygen atoms in total. The number of carbonyl (C=O) groups excluding carboxylic acids is 1. The van der Waals surface area contributed by atoms with Crippen molar-refractivity contribution in [3.63, 3.8) is 0 Å². The average Bonchev–Trinajstić information content (AvgIpc) is 3.30. The van der Waals surface area contributed by atoms with Crippen LogP contribution in [0.5, 0.6) is 5.88 Å². The van der Waals surface area contributed by atoms with E-state index < -0.39 is 11.8 Å². The summed E-state index contributed by atoms with van der Waals surface area (Å²) in [5.74, 6) is 0.386. The van der Waals surface area contributed by atoms with Gasteiger partial charge in [-0.3, -0.25) is 4.90 Å². The number of piperidine rings is 1. The number of esters is 1. The van der Waals surface area contributed by atoms with Gasteiger partial charge in [-0.2, -0.15) is 5.26 Å². The molecule has 2 saturated heterocycles. The number of benzene rings is 2. The normalized spacial score (nSPS) is 22.6. The van der Waals surface area contributed by atoms with Crippen LogP contribution in [0.3, 0.4) is 0 Å². The second-order valence-electron chi connectivity index (χ2n) is 11.4. The van der Waals surface area contributed by atoms with Crippen molar-refractivity contribution < 1.29 is 27.8 Å². The van der Waals surface area contributed by atoms with Gasteiger partial charge in [-0.15, -0.1) is 0 Å². The van der Waals surface area contributed by atoms with Crippen molar-refractivity contribution in [2.75, 3.05) is 26.8 Å². The molecule has 220 valence electrons. The van der Waals surface area contributed by atoms with Gasteiger partial charge in [0.25, 0.3) is 0 Å². The van der Waals surface area contributed by atoms with Crippen LogP contribution in [0.15, 0.2) is 48.5 Å². The van der Waals surface area contributed by atoms with Crippen molar-refractivity contribution in [2.24, 2.45) is 11.8 Å². The zero-order chi connectivity index (χ0) is 29.7. The topological polar surface area (TPSA) is 103 Å². The first-order valence-electron chi connectivity index (χ1n) is 14.3. The summed E-state index contributed by atoms with van der Waals surface area (Å²) in [6, 6.07) is 14.3. The highest BCUT2D eigenvalue weighted by atomic mass is 19.1. The summed E-state index contributed by atoms with van der Waals surface area (Å²) in [6.07, 6.45) is 1.10. The van der Waals surface area contributed by atoms with Gasteiger partial charge in [0.05, 0.1) is 60.2 Å². The number of rotatable bonds is 9. The summed E-state index contributed by atoms with van der Waals surface area (Å²) < 4.78 is 47.6. The van der Waals surface area contributed by atoms with E-state index in [0.29, 0.717) is 29.9 Å². The molecule has 0 bridgehead atoms. The van der Waals surface area contributed by atoms with Crippen LogP contribution in [0, 0.1) is 34.8 Å². The maximum absolute atomic E-state index is 14.9. The van der Waals surface area contributed by atoms with Crippen molar-refractivity contribution in [1.29, 1.82) is 5.26 Å². The number of hydrogen-bond donors (Lipinski definition) is 0. The lowest BCUT2D eigenvalue weighted by molar-refractivity contribution is -0.0591. The van der Waals surface area contributed by atoms with E-state index in [1.54, 1.807) is 6.07 Å². The van der Waals surface area contributed by atoms with Crippen LogP contribution >= 0.6 is 0 Å². The van der Waals surface area contributed by atoms with Crippen molar-refractivity contribution in [3.05, 3.63) is 88.4 Å². The summed E-state index contributed by atoms with van der Waals surface area (Å²) >= 11 is 0. The highest BCUT2D eigenvalue weighted by Crippen LogP contribution is 2.58. The fraction of sp³-hybridized carbons (Fsp3) is 0.375. The van der Waals surface area contributed by atoms with Crippen LogP contribution in [0.2, 0.25) is 0 Å². The van der Waals surface area contributed by atoms with Crippen LogP contribution in [0.25, 0.3) is 11.0 Å². The predicted octanol–water partition coefficient (Wildman–Crippen LogP) is 4.58. The number of nitriles is 1. The minimum atomic E-state index is -0.532. The molecule has 3 fully saturated rings. The fourth-order valence-electron chi connectivity index (χ4n) is 6.36. The fourth-order valence-corrected chi connectivity index (χ4v) is 6.36. The molecule has 11 heteroatoms. The van der Waals surface area contributed by atoms with Gasteiger partial charge in [-0.05, 0) is 54.7 Å². The lowest BCUT2D eigenvalue weighted by Crippen LogP contribution is -2.33. The van der Waals surface area contributed by atoms with Crippen LogP contribution in [0.1, 0.15) is 45.3 Å². The molecule has 1 unspecified atom stereocenters. The third-order valence-electron chi connectivity index (χ3n) is 8.78. The Bertz CT molecular complexity index is 1750. The van der Waals surface area contributed by atoms with E-state index in [1.165, 1.54) is 31.4 Å². The minimum Gasteiger partial charge on any atom is -0.473 e. The van der Waals surface area contributed by atoms with Crippen molar-refractivity contribution >= 4 is 17.0 Å². The van der Waals surface area contributed by atoms with Crippen molar-refractivity contribution in [1.82, 2.24) is 19.4 Å². The molecule has 4 atom stereocenters. The largest absolute Gasteiger partial charge is 0.473 e. The molecule has 4 aromatic rings. The molecular weight excluding hydrogens is 556 g/mol. The van der Waals surface area contributed by atoms with Crippen LogP contribution in [-0.4, -0.2) is 58.3 Å². The van der Waals surface area contributed by atoms with Crippen molar-refractivity contribution in [3.8, 4) is 11.9 Å². The van der Waals surface area contributed by atoms with Crippen molar-refractivity contribution in [2.45, 2.75) is 38.1 Å². The standard InChI is InChI=1S/C32H29F2N5O4/c1-41-32(40)19-4-6-26-27(11-19)39(13-21-8-9-42-21)28(36-26)16-38-14-22-23(15-38)30(22)31-24(33)5-7-29(37-31)43-17-20-3-2-18(12-35)10-25(20)34/h2-7,10-11,21-23,30H,8-9,13-17H2,1H3/t21-,22-,23+,30?/m0/s1. The zero-order valence-electron chi connectivity index (χ0n) is 23.5. The summed E-state index contributed by atoms with van der Waals surface area (Å²) in [7, 11) is 1.37. The molecule has 2 aromatic heterocycles. The van der Waals surface area contributed by atoms with Gasteiger partial charge in [-0.1, -0.05) is 6.07 Å². The van der Waals surface area contributed by atoms with Gasteiger partial charge in [0.15, 0.2) is 0 Å². The molecule has 0 amide bonds. The van der Waals surface area contributed by atoms with Gasteiger partial charge in [0.1, 0.15) is 24.1 Å². The first-order chi connectivity index (χ1) is 20.9. The molecule has 3 aliphatic rings. The van der Waals surface area contributed by atoms with Gasteiger partial charge in [-0.25, -0.2) is 23.5 Å². The Morgan fingerprint density at radius 2 is 1.91 bits per heavy atom. The molecule has 43 heavy (non-hydrogen) atoms. The zero-order valence-corrected chi connectivity index (χ0v) is 23.5. The van der Waals surface area contributed by atoms with Crippen LogP contribution in [0.4, 0.5) is 8.78 Å². The molecule has 7 rings (SSSR count). The van der Waals surface area contributed by atoms with E-state index in [-0.39, 0.29) is 47.7 Å².